The molecule has 0 saturated carbocycles. The number of pyridine rings is 1. The van der Waals surface area contributed by atoms with E-state index in [-0.39, 0.29) is 17.8 Å². The van der Waals surface area contributed by atoms with Gasteiger partial charge in [-0.25, -0.2) is 8.42 Å². The molecule has 21 heavy (non-hydrogen) atoms. The largest absolute Gasteiger partial charge is 0.302 e. The zero-order chi connectivity index (χ0) is 14.9. The molecule has 2 aromatic rings. The number of nitrogens with one attached hydrogen (secondary N) is 1. The Labute approximate surface area is 125 Å². The van der Waals surface area contributed by atoms with E-state index in [1.165, 1.54) is 0 Å². The predicted molar refractivity (Wildman–Crippen MR) is 81.6 cm³/mol. The van der Waals surface area contributed by atoms with Crippen molar-refractivity contribution in [1.29, 1.82) is 0 Å². The molecule has 0 spiro atoms. The minimum absolute atomic E-state index is 0.0433. The number of hydrogen-bond donors (Lipinski definition) is 1. The van der Waals surface area contributed by atoms with Crippen LogP contribution < -0.4 is 5.32 Å². The summed E-state index contributed by atoms with van der Waals surface area (Å²) in [6.07, 6.45) is 2.36. The monoisotopic (exact) mass is 302 g/mol. The van der Waals surface area contributed by atoms with Crippen LogP contribution in [0.2, 0.25) is 0 Å². The first-order chi connectivity index (χ1) is 10.1. The van der Waals surface area contributed by atoms with Crippen molar-refractivity contribution in [1.82, 2.24) is 10.3 Å². The Morgan fingerprint density at radius 2 is 1.95 bits per heavy atom. The Hall–Kier alpha value is -1.72. The van der Waals surface area contributed by atoms with Crippen molar-refractivity contribution >= 4 is 9.84 Å². The van der Waals surface area contributed by atoms with Crippen molar-refractivity contribution in [2.45, 2.75) is 30.3 Å². The Morgan fingerprint density at radius 3 is 2.71 bits per heavy atom. The van der Waals surface area contributed by atoms with Crippen LogP contribution in [0.15, 0.2) is 53.6 Å². The molecule has 4 nitrogen and oxygen atoms in total. The van der Waals surface area contributed by atoms with Gasteiger partial charge in [-0.2, -0.15) is 0 Å². The minimum Gasteiger partial charge on any atom is -0.302 e. The lowest BCUT2D eigenvalue weighted by atomic mass is 10.0. The van der Waals surface area contributed by atoms with Crippen LogP contribution in [0.3, 0.4) is 0 Å². The van der Waals surface area contributed by atoms with Crippen LogP contribution >= 0.6 is 0 Å². The van der Waals surface area contributed by atoms with Crippen LogP contribution in [-0.4, -0.2) is 19.2 Å². The van der Waals surface area contributed by atoms with E-state index < -0.39 is 9.84 Å². The number of sulfone groups is 1. The third kappa shape index (κ3) is 2.84. The van der Waals surface area contributed by atoms with E-state index >= 15 is 0 Å². The van der Waals surface area contributed by atoms with Gasteiger partial charge in [0.25, 0.3) is 0 Å². The molecule has 1 aromatic heterocycles. The molecular weight excluding hydrogens is 284 g/mol. The summed E-state index contributed by atoms with van der Waals surface area (Å²) in [6.45, 7) is 2.05. The summed E-state index contributed by atoms with van der Waals surface area (Å²) in [5, 5.41) is 3.50. The Morgan fingerprint density at radius 1 is 1.19 bits per heavy atom. The summed E-state index contributed by atoms with van der Waals surface area (Å²) < 4.78 is 24.3. The first-order valence-electron chi connectivity index (χ1n) is 7.06. The fourth-order valence-electron chi connectivity index (χ4n) is 2.78. The van der Waals surface area contributed by atoms with E-state index in [9.17, 15) is 8.42 Å². The third-order valence-electron chi connectivity index (χ3n) is 3.89. The molecule has 1 aliphatic rings. The molecule has 0 amide bonds. The summed E-state index contributed by atoms with van der Waals surface area (Å²) in [5.41, 5.74) is 1.83. The average molecular weight is 302 g/mol. The van der Waals surface area contributed by atoms with Crippen molar-refractivity contribution in [2.24, 2.45) is 0 Å². The van der Waals surface area contributed by atoms with Crippen molar-refractivity contribution in [3.8, 4) is 0 Å². The lowest BCUT2D eigenvalue weighted by Crippen LogP contribution is -2.31. The van der Waals surface area contributed by atoms with Gasteiger partial charge in [0.1, 0.15) is 0 Å². The Balaban J connectivity index is 1.88. The van der Waals surface area contributed by atoms with E-state index in [1.54, 1.807) is 18.3 Å². The van der Waals surface area contributed by atoms with Gasteiger partial charge in [0.15, 0.2) is 9.84 Å². The summed E-state index contributed by atoms with van der Waals surface area (Å²) in [6, 6.07) is 13.2. The molecule has 1 aliphatic heterocycles. The molecule has 0 fully saturated rings. The quantitative estimate of drug-likeness (QED) is 0.947. The number of nitrogens with zero attached hydrogens (tertiary/aromatic N) is 1. The number of hydrogen-bond acceptors (Lipinski definition) is 4. The van der Waals surface area contributed by atoms with E-state index in [2.05, 4.69) is 10.3 Å². The molecule has 1 N–H and O–H groups in total. The minimum atomic E-state index is -3.13. The molecule has 110 valence electrons. The topological polar surface area (TPSA) is 59.1 Å². The summed E-state index contributed by atoms with van der Waals surface area (Å²) in [5.74, 6) is 0.191. The van der Waals surface area contributed by atoms with Crippen LogP contribution in [0.4, 0.5) is 0 Å². The zero-order valence-corrected chi connectivity index (χ0v) is 12.7. The fourth-order valence-corrected chi connectivity index (χ4v) is 4.40. The van der Waals surface area contributed by atoms with Crippen LogP contribution in [-0.2, 0) is 9.84 Å². The van der Waals surface area contributed by atoms with Crippen LogP contribution in [0.5, 0.6) is 0 Å². The van der Waals surface area contributed by atoms with E-state index in [4.69, 9.17) is 0 Å². The van der Waals surface area contributed by atoms with Crippen LogP contribution in [0, 0.1) is 0 Å². The third-order valence-corrected chi connectivity index (χ3v) is 5.70. The summed E-state index contributed by atoms with van der Waals surface area (Å²) in [4.78, 5) is 4.81. The highest BCUT2D eigenvalue weighted by atomic mass is 32.2. The second-order valence-corrected chi connectivity index (χ2v) is 7.42. The van der Waals surface area contributed by atoms with Gasteiger partial charge >= 0.3 is 0 Å². The Kier molecular flexibility index (Phi) is 3.78. The standard InChI is InChI=1S/C16H18N2O2S/c1-12(14-7-4-5-10-17-14)18-15-9-11-21(19,20)16-8-3-2-6-13(15)16/h2-8,10,12,15,18H,9,11H2,1H3. The highest BCUT2D eigenvalue weighted by molar-refractivity contribution is 7.91. The maximum atomic E-state index is 12.1. The SMILES string of the molecule is CC(NC1CCS(=O)(=O)c2ccccc21)c1ccccn1. The van der Waals surface area contributed by atoms with Gasteiger partial charge in [-0.3, -0.25) is 4.98 Å². The van der Waals surface area contributed by atoms with Gasteiger partial charge in [-0.1, -0.05) is 24.3 Å². The molecule has 0 saturated heterocycles. The molecule has 1 aromatic carbocycles. The molecule has 0 radical (unpaired) electrons. The van der Waals surface area contributed by atoms with Crippen LogP contribution in [0.25, 0.3) is 0 Å². The zero-order valence-electron chi connectivity index (χ0n) is 11.9. The molecule has 3 rings (SSSR count). The van der Waals surface area contributed by atoms with Crippen molar-refractivity contribution < 1.29 is 8.42 Å². The van der Waals surface area contributed by atoms with Crippen LogP contribution in [0.1, 0.15) is 36.7 Å². The molecule has 0 aliphatic carbocycles. The second-order valence-electron chi connectivity index (χ2n) is 5.34. The number of fused-ring (bicyclic) bond motifs is 1. The maximum absolute atomic E-state index is 12.1. The van der Waals surface area contributed by atoms with Crippen molar-refractivity contribution in [3.63, 3.8) is 0 Å². The lowest BCUT2D eigenvalue weighted by Gasteiger charge is -2.28. The Bertz CT molecular complexity index is 729. The van der Waals surface area contributed by atoms with Gasteiger partial charge in [-0.15, -0.1) is 0 Å². The van der Waals surface area contributed by atoms with Crippen molar-refractivity contribution in [3.05, 3.63) is 59.9 Å². The highest BCUT2D eigenvalue weighted by Crippen LogP contribution is 2.33. The number of aromatic nitrogens is 1. The highest BCUT2D eigenvalue weighted by Gasteiger charge is 2.30. The molecule has 2 heterocycles. The second kappa shape index (κ2) is 5.58. The lowest BCUT2D eigenvalue weighted by molar-refractivity contribution is 0.436. The molecule has 2 unspecified atom stereocenters. The molecule has 0 bridgehead atoms. The smallest absolute Gasteiger partial charge is 0.178 e. The van der Waals surface area contributed by atoms with Gasteiger partial charge in [0, 0.05) is 18.3 Å². The maximum Gasteiger partial charge on any atom is 0.178 e. The van der Waals surface area contributed by atoms with E-state index in [1.807, 2.05) is 37.3 Å². The van der Waals surface area contributed by atoms with Gasteiger partial charge < -0.3 is 5.32 Å². The molecule has 2 atom stereocenters. The van der Waals surface area contributed by atoms with E-state index in [0.29, 0.717) is 11.3 Å². The summed E-state index contributed by atoms with van der Waals surface area (Å²) in [7, 11) is -3.13. The van der Waals surface area contributed by atoms with E-state index in [0.717, 1.165) is 11.3 Å². The van der Waals surface area contributed by atoms with Gasteiger partial charge in [-0.05, 0) is 37.1 Å². The molecular formula is C16H18N2O2S. The first-order valence-corrected chi connectivity index (χ1v) is 8.72. The van der Waals surface area contributed by atoms with Crippen molar-refractivity contribution in [2.75, 3.05) is 5.75 Å². The number of rotatable bonds is 3. The normalized spacial score (nSPS) is 21.5. The average Bonchev–Trinajstić information content (AvgIpc) is 2.51. The molecule has 5 heteroatoms. The number of benzene rings is 1. The van der Waals surface area contributed by atoms with Gasteiger partial charge in [0.05, 0.1) is 16.3 Å². The first kappa shape index (κ1) is 14.2. The predicted octanol–water partition coefficient (Wildman–Crippen LogP) is 2.65. The summed E-state index contributed by atoms with van der Waals surface area (Å²) >= 11 is 0. The van der Waals surface area contributed by atoms with Gasteiger partial charge in [0.2, 0.25) is 0 Å². The fraction of sp³-hybridized carbons (Fsp3) is 0.312.